The van der Waals surface area contributed by atoms with Gasteiger partial charge in [-0.25, -0.2) is 9.48 Å². The molecule has 1 aromatic rings. The molecule has 0 spiro atoms. The quantitative estimate of drug-likeness (QED) is 0.607. The van der Waals surface area contributed by atoms with E-state index in [0.717, 1.165) is 11.1 Å². The van der Waals surface area contributed by atoms with Crippen molar-refractivity contribution in [1.82, 2.24) is 20.1 Å². The highest BCUT2D eigenvalue weighted by Crippen LogP contribution is 1.85. The average Bonchev–Trinajstić information content (AvgIpc) is 2.54. The molecule has 0 saturated heterocycles. The van der Waals surface area contributed by atoms with Crippen LogP contribution in [0.5, 0.6) is 0 Å². The molecule has 0 aliphatic rings. The third kappa shape index (κ3) is 3.21. The second-order valence-electron chi connectivity index (χ2n) is 3.00. The van der Waals surface area contributed by atoms with Crippen LogP contribution < -0.4 is 11.0 Å². The van der Waals surface area contributed by atoms with Crippen LogP contribution in [0.4, 0.5) is 0 Å². The standard InChI is InChI=1S/C8H14N4O3/c1-12-8(14)10-6(11-12)7(13)9-4-3-5-15-2/h3-5H2,1-2H3,(H,9,13)(H,10,11,14). The molecule has 0 saturated carbocycles. The molecule has 1 aromatic heterocycles. The van der Waals surface area contributed by atoms with Crippen LogP contribution in [-0.2, 0) is 11.8 Å². The maximum atomic E-state index is 11.4. The Bertz CT molecular complexity index is 381. The molecule has 1 rings (SSSR count). The van der Waals surface area contributed by atoms with E-state index < -0.39 is 5.69 Å². The number of hydrogen-bond acceptors (Lipinski definition) is 4. The first-order valence-corrected chi connectivity index (χ1v) is 4.55. The topological polar surface area (TPSA) is 89.0 Å². The smallest absolute Gasteiger partial charge is 0.343 e. The molecule has 0 aliphatic carbocycles. The summed E-state index contributed by atoms with van der Waals surface area (Å²) in [6.07, 6.45) is 0.722. The fraction of sp³-hybridized carbons (Fsp3) is 0.625. The zero-order chi connectivity index (χ0) is 11.3. The zero-order valence-corrected chi connectivity index (χ0v) is 8.74. The number of hydrogen-bond donors (Lipinski definition) is 2. The van der Waals surface area contributed by atoms with Crippen molar-refractivity contribution in [3.05, 3.63) is 16.3 Å². The number of nitrogens with zero attached hydrogens (tertiary/aromatic N) is 2. The lowest BCUT2D eigenvalue weighted by Gasteiger charge is -2.01. The highest BCUT2D eigenvalue weighted by Gasteiger charge is 2.10. The fourth-order valence-corrected chi connectivity index (χ4v) is 1.01. The molecular weight excluding hydrogens is 200 g/mol. The van der Waals surface area contributed by atoms with Crippen LogP contribution in [-0.4, -0.2) is 40.9 Å². The highest BCUT2D eigenvalue weighted by atomic mass is 16.5. The lowest BCUT2D eigenvalue weighted by atomic mass is 10.4. The van der Waals surface area contributed by atoms with Gasteiger partial charge in [0, 0.05) is 27.3 Å². The van der Waals surface area contributed by atoms with E-state index in [0.29, 0.717) is 13.2 Å². The van der Waals surface area contributed by atoms with Crippen molar-refractivity contribution < 1.29 is 9.53 Å². The number of aromatic amines is 1. The van der Waals surface area contributed by atoms with Crippen LogP contribution in [0.3, 0.4) is 0 Å². The number of H-pyrrole nitrogens is 1. The van der Waals surface area contributed by atoms with Crippen LogP contribution in [0, 0.1) is 0 Å². The van der Waals surface area contributed by atoms with Crippen LogP contribution in [0.1, 0.15) is 17.0 Å². The van der Waals surface area contributed by atoms with Gasteiger partial charge >= 0.3 is 5.69 Å². The van der Waals surface area contributed by atoms with Gasteiger partial charge in [0.25, 0.3) is 5.91 Å². The third-order valence-corrected chi connectivity index (χ3v) is 1.80. The Labute approximate surface area is 86.4 Å². The molecule has 0 radical (unpaired) electrons. The van der Waals surface area contributed by atoms with Gasteiger partial charge in [-0.15, -0.1) is 5.10 Å². The molecular formula is C8H14N4O3. The number of amides is 1. The minimum absolute atomic E-state index is 0.0277. The molecule has 7 heteroatoms. The normalized spacial score (nSPS) is 10.3. The molecule has 0 aromatic carbocycles. The highest BCUT2D eigenvalue weighted by molar-refractivity contribution is 5.90. The van der Waals surface area contributed by atoms with Crippen LogP contribution in [0.25, 0.3) is 0 Å². The number of aryl methyl sites for hydroxylation is 1. The number of ether oxygens (including phenoxy) is 1. The van der Waals surface area contributed by atoms with Crippen LogP contribution in [0.2, 0.25) is 0 Å². The van der Waals surface area contributed by atoms with Gasteiger partial charge < -0.3 is 10.1 Å². The van der Waals surface area contributed by atoms with Gasteiger partial charge in [0.1, 0.15) is 0 Å². The Morgan fingerprint density at radius 3 is 2.93 bits per heavy atom. The lowest BCUT2D eigenvalue weighted by molar-refractivity contribution is 0.0938. The van der Waals surface area contributed by atoms with Crippen molar-refractivity contribution >= 4 is 5.91 Å². The maximum absolute atomic E-state index is 11.4. The monoisotopic (exact) mass is 214 g/mol. The van der Waals surface area contributed by atoms with E-state index >= 15 is 0 Å². The van der Waals surface area contributed by atoms with Gasteiger partial charge in [0.05, 0.1) is 0 Å². The number of methoxy groups -OCH3 is 1. The largest absolute Gasteiger partial charge is 0.385 e. The number of aromatic nitrogens is 3. The summed E-state index contributed by atoms with van der Waals surface area (Å²) < 4.78 is 5.90. The maximum Gasteiger partial charge on any atom is 0.343 e. The molecule has 1 heterocycles. The first-order chi connectivity index (χ1) is 7.15. The summed E-state index contributed by atoms with van der Waals surface area (Å²) in [5, 5.41) is 6.32. The summed E-state index contributed by atoms with van der Waals surface area (Å²) in [7, 11) is 3.07. The Morgan fingerprint density at radius 1 is 1.67 bits per heavy atom. The number of rotatable bonds is 5. The molecule has 7 nitrogen and oxygen atoms in total. The minimum atomic E-state index is -0.406. The second kappa shape index (κ2) is 5.30. The first-order valence-electron chi connectivity index (χ1n) is 4.55. The molecule has 1 amide bonds. The van der Waals surface area contributed by atoms with Gasteiger partial charge in [-0.1, -0.05) is 0 Å². The van der Waals surface area contributed by atoms with E-state index in [1.807, 2.05) is 0 Å². The summed E-state index contributed by atoms with van der Waals surface area (Å²) >= 11 is 0. The predicted molar refractivity (Wildman–Crippen MR) is 52.7 cm³/mol. The van der Waals surface area contributed by atoms with Crippen molar-refractivity contribution in [2.24, 2.45) is 7.05 Å². The van der Waals surface area contributed by atoms with Gasteiger partial charge in [-0.2, -0.15) is 0 Å². The van der Waals surface area contributed by atoms with E-state index in [-0.39, 0.29) is 11.7 Å². The number of carbonyl (C=O) groups excluding carboxylic acids is 1. The first kappa shape index (κ1) is 11.4. The molecule has 0 aliphatic heterocycles. The Balaban J connectivity index is 2.44. The van der Waals surface area contributed by atoms with Crippen LogP contribution in [0.15, 0.2) is 4.79 Å². The molecule has 0 atom stereocenters. The fourth-order valence-electron chi connectivity index (χ4n) is 1.01. The van der Waals surface area contributed by atoms with E-state index in [1.54, 1.807) is 7.11 Å². The van der Waals surface area contributed by atoms with Gasteiger partial charge in [0.15, 0.2) is 0 Å². The van der Waals surface area contributed by atoms with Gasteiger partial charge in [-0.3, -0.25) is 9.78 Å². The van der Waals surface area contributed by atoms with Crippen molar-refractivity contribution in [2.45, 2.75) is 6.42 Å². The summed E-state index contributed by atoms with van der Waals surface area (Å²) in [5.41, 5.74) is -0.406. The predicted octanol–water partition coefficient (Wildman–Crippen LogP) is -1.13. The average molecular weight is 214 g/mol. The zero-order valence-electron chi connectivity index (χ0n) is 8.74. The minimum Gasteiger partial charge on any atom is -0.385 e. The van der Waals surface area contributed by atoms with Crippen molar-refractivity contribution in [1.29, 1.82) is 0 Å². The summed E-state index contributed by atoms with van der Waals surface area (Å²) in [4.78, 5) is 24.7. The molecule has 0 fully saturated rings. The van der Waals surface area contributed by atoms with Gasteiger partial charge in [-0.05, 0) is 6.42 Å². The SMILES string of the molecule is COCCCNC(=O)c1nn(C)c(=O)[nH]1. The Hall–Kier alpha value is -1.63. The second-order valence-corrected chi connectivity index (χ2v) is 3.00. The Morgan fingerprint density at radius 2 is 2.40 bits per heavy atom. The van der Waals surface area contributed by atoms with E-state index in [9.17, 15) is 9.59 Å². The van der Waals surface area contributed by atoms with E-state index in [2.05, 4.69) is 15.4 Å². The third-order valence-electron chi connectivity index (χ3n) is 1.80. The number of nitrogens with one attached hydrogen (secondary N) is 2. The molecule has 84 valence electrons. The van der Waals surface area contributed by atoms with E-state index in [4.69, 9.17) is 4.74 Å². The van der Waals surface area contributed by atoms with Gasteiger partial charge in [0.2, 0.25) is 5.82 Å². The molecule has 2 N–H and O–H groups in total. The lowest BCUT2D eigenvalue weighted by Crippen LogP contribution is -2.26. The van der Waals surface area contributed by atoms with Crippen molar-refractivity contribution in [2.75, 3.05) is 20.3 Å². The number of carbonyl (C=O) groups is 1. The summed E-state index contributed by atoms with van der Waals surface area (Å²) in [6.45, 7) is 1.07. The van der Waals surface area contributed by atoms with Crippen LogP contribution >= 0.6 is 0 Å². The Kier molecular flexibility index (Phi) is 4.04. The molecule has 15 heavy (non-hydrogen) atoms. The summed E-state index contributed by atoms with van der Waals surface area (Å²) in [5.74, 6) is -0.358. The molecule has 0 bridgehead atoms. The van der Waals surface area contributed by atoms with Crippen molar-refractivity contribution in [3.8, 4) is 0 Å². The van der Waals surface area contributed by atoms with E-state index in [1.165, 1.54) is 7.05 Å². The van der Waals surface area contributed by atoms with Crippen molar-refractivity contribution in [3.63, 3.8) is 0 Å². The summed E-state index contributed by atoms with van der Waals surface area (Å²) in [6, 6.07) is 0. The molecule has 0 unspecified atom stereocenters.